The van der Waals surface area contributed by atoms with Gasteiger partial charge >= 0.3 is 5.69 Å². The molecule has 0 bridgehead atoms. The number of nitrogens with one attached hydrogen (secondary N) is 5. The molecular weight excluding hydrogens is 841 g/mol. The first-order valence-electron chi connectivity index (χ1n) is 21.3. The third kappa shape index (κ3) is 23.6. The van der Waals surface area contributed by atoms with Gasteiger partial charge in [-0.2, -0.15) is 0 Å². The predicted molar refractivity (Wildman–Crippen MR) is 250 cm³/mol. The number of fused-ring (bicyclic) bond motifs is 1. The average Bonchev–Trinajstić information content (AvgIpc) is 3.60. The van der Waals surface area contributed by atoms with Crippen molar-refractivity contribution in [1.82, 2.24) is 36.1 Å². The van der Waals surface area contributed by atoms with Gasteiger partial charge in [-0.25, -0.2) is 0 Å². The van der Waals surface area contributed by atoms with Crippen molar-refractivity contribution in [2.75, 3.05) is 40.3 Å². The number of para-hydroxylation sites is 1. The SMILES string of the molecule is CC(C)C.CC(C)CC(NC(=O)CN(C)C(=O)C(C)NC(=O)CNC(=O)C(CC(C)C)N(C)C(=O)CN)C(=O)NCC(N)=O.Cc1c[nH]c2ccccc12.Cc1ccc(O)c([N+](=O)[O-])c1. The lowest BCUT2D eigenvalue weighted by Crippen LogP contribution is -2.54. The Hall–Kier alpha value is -6.57. The summed E-state index contributed by atoms with van der Waals surface area (Å²) in [5, 5.41) is 30.3. The normalized spacial score (nSPS) is 11.8. The van der Waals surface area contributed by atoms with Crippen molar-refractivity contribution in [2.24, 2.45) is 29.2 Å². The Bertz CT molecular complexity index is 2030. The summed E-state index contributed by atoms with van der Waals surface area (Å²) in [4.78, 5) is 101. The Morgan fingerprint density at radius 1 is 0.815 bits per heavy atom. The number of hydrogen-bond donors (Lipinski definition) is 8. The van der Waals surface area contributed by atoms with Crippen molar-refractivity contribution in [2.45, 2.75) is 100 Å². The van der Waals surface area contributed by atoms with Crippen molar-refractivity contribution < 1.29 is 43.6 Å². The molecule has 1 heterocycles. The second kappa shape index (κ2) is 29.7. The summed E-state index contributed by atoms with van der Waals surface area (Å²) < 4.78 is 0. The number of likely N-dealkylation sites (N-methyl/N-ethyl adjacent to an activating group) is 2. The van der Waals surface area contributed by atoms with E-state index < -0.39 is 77.5 Å². The molecule has 3 unspecified atom stereocenters. The van der Waals surface area contributed by atoms with Gasteiger partial charge in [-0.1, -0.05) is 72.7 Å². The fourth-order valence-corrected chi connectivity index (χ4v) is 5.71. The van der Waals surface area contributed by atoms with Crippen LogP contribution in [0.25, 0.3) is 10.9 Å². The molecule has 0 aliphatic rings. The van der Waals surface area contributed by atoms with E-state index in [1.165, 1.54) is 54.5 Å². The number of aromatic amines is 1. The van der Waals surface area contributed by atoms with Crippen molar-refractivity contribution in [1.29, 1.82) is 0 Å². The first kappa shape index (κ1) is 58.4. The fraction of sp³-hybridized carbons (Fsp3) is 0.533. The zero-order valence-corrected chi connectivity index (χ0v) is 39.9. The molecule has 0 saturated heterocycles. The van der Waals surface area contributed by atoms with Gasteiger partial charge in [-0.3, -0.25) is 43.7 Å². The number of aromatic nitrogens is 1. The average molecular weight is 913 g/mol. The Morgan fingerprint density at radius 2 is 1.38 bits per heavy atom. The molecule has 0 aliphatic heterocycles. The number of nitro groups is 1. The van der Waals surface area contributed by atoms with E-state index in [4.69, 9.17) is 16.6 Å². The van der Waals surface area contributed by atoms with Crippen molar-refractivity contribution >= 4 is 57.9 Å². The molecule has 20 nitrogen and oxygen atoms in total. The number of carbonyl (C=O) groups excluding carboxylic acids is 7. The predicted octanol–water partition coefficient (Wildman–Crippen LogP) is 2.78. The minimum Gasteiger partial charge on any atom is -0.502 e. The summed E-state index contributed by atoms with van der Waals surface area (Å²) in [5.41, 5.74) is 13.5. The molecule has 0 saturated carbocycles. The summed E-state index contributed by atoms with van der Waals surface area (Å²) in [7, 11) is 2.82. The zero-order chi connectivity index (χ0) is 50.1. The largest absolute Gasteiger partial charge is 0.502 e. The monoisotopic (exact) mass is 913 g/mol. The minimum atomic E-state index is -1.03. The Morgan fingerprint density at radius 3 is 1.89 bits per heavy atom. The van der Waals surface area contributed by atoms with E-state index in [9.17, 15) is 43.7 Å². The van der Waals surface area contributed by atoms with E-state index >= 15 is 0 Å². The molecule has 10 N–H and O–H groups in total. The standard InChI is InChI=1S/C25H46N8O7.C9H9N.C7H7NO3.C4H10/c1-14(2)8-17(23(38)28-11-19(27)34)31-21(36)13-32(6)25(40)16(5)30-20(35)12-29-24(39)18(9-15(3)4)33(7)22(37)10-26;1-7-6-10-9-5-3-2-4-8(7)9;1-5-2-3-7(9)6(4-5)8(10)11;1-4(2)3/h14-18H,8-13,26H2,1-7H3,(H2,27,34)(H,28,38)(H,29,39)(H,30,35)(H,31,36);2-6,10H,1H3;2-4,9H,1H3;4H,1-3H3. The highest BCUT2D eigenvalue weighted by molar-refractivity contribution is 5.94. The number of nitro benzene ring substituents is 1. The third-order valence-electron chi connectivity index (χ3n) is 8.88. The van der Waals surface area contributed by atoms with Gasteiger partial charge in [-0.05, 0) is 74.6 Å². The van der Waals surface area contributed by atoms with E-state index in [0.29, 0.717) is 12.8 Å². The summed E-state index contributed by atoms with van der Waals surface area (Å²) in [5.74, 6) is -3.43. The number of aryl methyl sites for hydroxylation is 2. The summed E-state index contributed by atoms with van der Waals surface area (Å²) in [6.07, 6.45) is 2.69. The van der Waals surface area contributed by atoms with E-state index in [0.717, 1.165) is 16.4 Å². The highest BCUT2D eigenvalue weighted by atomic mass is 16.6. The van der Waals surface area contributed by atoms with E-state index in [1.807, 2.05) is 40.0 Å². The van der Waals surface area contributed by atoms with Gasteiger partial charge in [-0.15, -0.1) is 0 Å². The molecule has 362 valence electrons. The van der Waals surface area contributed by atoms with Gasteiger partial charge in [0.15, 0.2) is 5.75 Å². The van der Waals surface area contributed by atoms with E-state index in [-0.39, 0.29) is 36.4 Å². The lowest BCUT2D eigenvalue weighted by atomic mass is 10.0. The van der Waals surface area contributed by atoms with Crippen LogP contribution in [0.1, 0.15) is 79.4 Å². The van der Waals surface area contributed by atoms with E-state index in [1.54, 1.807) is 13.0 Å². The molecule has 2 aromatic carbocycles. The van der Waals surface area contributed by atoms with Gasteiger partial charge in [0, 0.05) is 37.3 Å². The number of nitrogens with two attached hydrogens (primary N) is 2. The maximum absolute atomic E-state index is 12.7. The molecule has 3 aromatic rings. The molecule has 0 radical (unpaired) electrons. The van der Waals surface area contributed by atoms with Crippen LogP contribution in [-0.2, 0) is 33.6 Å². The van der Waals surface area contributed by atoms with Crippen molar-refractivity contribution in [3.8, 4) is 5.75 Å². The van der Waals surface area contributed by atoms with Crippen LogP contribution in [0.2, 0.25) is 0 Å². The molecular formula is C45H72N10O10. The third-order valence-corrected chi connectivity index (χ3v) is 8.88. The highest BCUT2D eigenvalue weighted by Crippen LogP contribution is 2.25. The number of hydrogen-bond acceptors (Lipinski definition) is 11. The van der Waals surface area contributed by atoms with Crippen LogP contribution in [0.5, 0.6) is 5.75 Å². The number of amides is 7. The topological polar surface area (TPSA) is 305 Å². The smallest absolute Gasteiger partial charge is 0.310 e. The van der Waals surface area contributed by atoms with Crippen LogP contribution >= 0.6 is 0 Å². The number of carbonyl (C=O) groups is 7. The van der Waals surface area contributed by atoms with Gasteiger partial charge in [0.05, 0.1) is 31.1 Å². The molecule has 1 aromatic heterocycles. The fourth-order valence-electron chi connectivity index (χ4n) is 5.71. The molecule has 0 spiro atoms. The summed E-state index contributed by atoms with van der Waals surface area (Å²) in [6, 6.07) is 9.79. The number of phenolic OH excluding ortho intramolecular Hbond substituents is 1. The van der Waals surface area contributed by atoms with Crippen LogP contribution < -0.4 is 32.7 Å². The number of H-pyrrole nitrogens is 1. The Labute approximate surface area is 382 Å². The molecule has 7 amide bonds. The lowest BCUT2D eigenvalue weighted by molar-refractivity contribution is -0.385. The number of aromatic hydroxyl groups is 1. The van der Waals surface area contributed by atoms with Gasteiger partial charge in [0.1, 0.15) is 18.1 Å². The summed E-state index contributed by atoms with van der Waals surface area (Å²) in [6.45, 7) is 17.8. The number of benzene rings is 2. The van der Waals surface area contributed by atoms with Crippen molar-refractivity contribution in [3.05, 3.63) is 69.9 Å². The van der Waals surface area contributed by atoms with Gasteiger partial charge in [0.2, 0.25) is 41.4 Å². The molecule has 3 atom stereocenters. The van der Waals surface area contributed by atoms with Crippen LogP contribution in [0, 0.1) is 41.7 Å². The van der Waals surface area contributed by atoms with E-state index in [2.05, 4.69) is 72.1 Å². The first-order chi connectivity index (χ1) is 30.2. The maximum atomic E-state index is 12.7. The second-order valence-corrected chi connectivity index (χ2v) is 17.0. The molecule has 0 aliphatic carbocycles. The second-order valence-electron chi connectivity index (χ2n) is 17.0. The quantitative estimate of drug-likeness (QED) is 0.0678. The maximum Gasteiger partial charge on any atom is 0.310 e. The van der Waals surface area contributed by atoms with Gasteiger partial charge in [0.25, 0.3) is 0 Å². The van der Waals surface area contributed by atoms with Crippen LogP contribution in [0.3, 0.4) is 0 Å². The number of primary amides is 1. The number of rotatable bonds is 18. The number of phenols is 1. The molecule has 65 heavy (non-hydrogen) atoms. The molecule has 3 rings (SSSR count). The van der Waals surface area contributed by atoms with Crippen LogP contribution in [0.15, 0.2) is 48.7 Å². The Kier molecular flexibility index (Phi) is 26.7. The highest BCUT2D eigenvalue weighted by Gasteiger charge is 2.29. The molecule has 0 fully saturated rings. The zero-order valence-electron chi connectivity index (χ0n) is 39.9. The first-order valence-corrected chi connectivity index (χ1v) is 21.3. The Balaban J connectivity index is 0.00000129. The lowest BCUT2D eigenvalue weighted by Gasteiger charge is -2.28. The summed E-state index contributed by atoms with van der Waals surface area (Å²) >= 11 is 0. The van der Waals surface area contributed by atoms with Crippen molar-refractivity contribution in [3.63, 3.8) is 0 Å². The van der Waals surface area contributed by atoms with Gasteiger partial charge < -0.3 is 52.6 Å². The molecule has 20 heteroatoms. The van der Waals surface area contributed by atoms with Crippen LogP contribution in [0.4, 0.5) is 5.69 Å². The number of nitrogens with zero attached hydrogens (tertiary/aromatic N) is 3. The minimum absolute atomic E-state index is 0.0434. The van der Waals surface area contributed by atoms with Crippen LogP contribution in [-0.4, -0.2) is 125 Å².